The van der Waals surface area contributed by atoms with Gasteiger partial charge in [-0.15, -0.1) is 0 Å². The Bertz CT molecular complexity index is 694. The SMILES string of the molecule is FC(F)Oc1ccccc1C1NN=C(c2ccc(Cl)cc2)S1. The topological polar surface area (TPSA) is 33.6 Å². The lowest BCUT2D eigenvalue weighted by Gasteiger charge is -2.15. The maximum absolute atomic E-state index is 12.5. The molecule has 1 N–H and O–H groups in total. The van der Waals surface area contributed by atoms with Gasteiger partial charge in [-0.1, -0.05) is 53.7 Å². The number of halogens is 3. The number of hydrazone groups is 1. The summed E-state index contributed by atoms with van der Waals surface area (Å²) >= 11 is 7.30. The van der Waals surface area contributed by atoms with Crippen molar-refractivity contribution in [2.75, 3.05) is 0 Å². The van der Waals surface area contributed by atoms with E-state index in [-0.39, 0.29) is 11.1 Å². The van der Waals surface area contributed by atoms with Crippen LogP contribution < -0.4 is 10.2 Å². The van der Waals surface area contributed by atoms with E-state index in [1.54, 1.807) is 30.3 Å². The number of rotatable bonds is 4. The van der Waals surface area contributed by atoms with E-state index in [1.165, 1.54) is 17.8 Å². The highest BCUT2D eigenvalue weighted by Gasteiger charge is 2.25. The van der Waals surface area contributed by atoms with Crippen LogP contribution in [0.25, 0.3) is 0 Å². The lowest BCUT2D eigenvalue weighted by molar-refractivity contribution is -0.0505. The predicted octanol–water partition coefficient (Wildman–Crippen LogP) is 4.64. The highest BCUT2D eigenvalue weighted by Crippen LogP contribution is 2.38. The summed E-state index contributed by atoms with van der Waals surface area (Å²) in [5, 5.41) is 5.40. The number of hydrogen-bond donors (Lipinski definition) is 1. The third-order valence-electron chi connectivity index (χ3n) is 3.02. The smallest absolute Gasteiger partial charge is 0.387 e. The van der Waals surface area contributed by atoms with Crippen molar-refractivity contribution >= 4 is 28.4 Å². The molecule has 3 nitrogen and oxygen atoms in total. The molecule has 1 aliphatic heterocycles. The van der Waals surface area contributed by atoms with E-state index in [0.29, 0.717) is 10.6 Å². The van der Waals surface area contributed by atoms with Gasteiger partial charge in [0.2, 0.25) is 0 Å². The number of para-hydroxylation sites is 1. The average molecular weight is 341 g/mol. The third-order valence-corrected chi connectivity index (χ3v) is 4.42. The van der Waals surface area contributed by atoms with Gasteiger partial charge in [-0.25, -0.2) is 0 Å². The molecule has 114 valence electrons. The minimum atomic E-state index is -2.86. The van der Waals surface area contributed by atoms with Crippen LogP contribution in [0.5, 0.6) is 5.75 Å². The molecule has 0 aromatic heterocycles. The molecule has 0 saturated heterocycles. The van der Waals surface area contributed by atoms with Gasteiger partial charge in [0.15, 0.2) is 0 Å². The summed E-state index contributed by atoms with van der Waals surface area (Å²) in [6.45, 7) is -2.86. The van der Waals surface area contributed by atoms with Crippen LogP contribution in [0.4, 0.5) is 8.78 Å². The second-order valence-corrected chi connectivity index (χ2v) is 6.00. The zero-order chi connectivity index (χ0) is 15.5. The first-order valence-corrected chi connectivity index (χ1v) is 7.69. The van der Waals surface area contributed by atoms with Gasteiger partial charge in [-0.3, -0.25) is 5.43 Å². The van der Waals surface area contributed by atoms with E-state index in [1.807, 2.05) is 12.1 Å². The van der Waals surface area contributed by atoms with Gasteiger partial charge in [0.05, 0.1) is 0 Å². The second-order valence-electron chi connectivity index (χ2n) is 4.47. The van der Waals surface area contributed by atoms with Gasteiger partial charge in [0.1, 0.15) is 16.2 Å². The molecule has 0 bridgehead atoms. The molecule has 2 aromatic rings. The lowest BCUT2D eigenvalue weighted by Crippen LogP contribution is -2.11. The number of thioether (sulfide) groups is 1. The zero-order valence-electron chi connectivity index (χ0n) is 11.2. The standard InChI is InChI=1S/C15H11ClF2N2OS/c16-10-7-5-9(6-8-10)13-19-20-14(22-13)11-3-1-2-4-12(11)21-15(17)18/h1-8,14-15,20H. The summed E-state index contributed by atoms with van der Waals surface area (Å²) in [6, 6.07) is 14.0. The van der Waals surface area contributed by atoms with Crippen molar-refractivity contribution in [2.45, 2.75) is 12.0 Å². The van der Waals surface area contributed by atoms with Crippen LogP contribution in [0.15, 0.2) is 53.6 Å². The molecular weight excluding hydrogens is 330 g/mol. The van der Waals surface area contributed by atoms with E-state index in [0.717, 1.165) is 10.6 Å². The molecule has 1 aliphatic rings. The molecule has 3 rings (SSSR count). The summed E-state index contributed by atoms with van der Waals surface area (Å²) in [7, 11) is 0. The van der Waals surface area contributed by atoms with Gasteiger partial charge in [-0.05, 0) is 18.2 Å². The summed E-state index contributed by atoms with van der Waals surface area (Å²) in [5.41, 5.74) is 4.48. The maximum atomic E-state index is 12.5. The Kier molecular flexibility index (Phi) is 4.49. The highest BCUT2D eigenvalue weighted by molar-refractivity contribution is 8.14. The third kappa shape index (κ3) is 3.34. The van der Waals surface area contributed by atoms with Crippen molar-refractivity contribution in [3.05, 3.63) is 64.7 Å². The van der Waals surface area contributed by atoms with Crippen LogP contribution in [-0.2, 0) is 0 Å². The minimum Gasteiger partial charge on any atom is -0.434 e. The molecule has 0 radical (unpaired) electrons. The molecule has 0 aliphatic carbocycles. The first kappa shape index (κ1) is 15.1. The van der Waals surface area contributed by atoms with Crippen LogP contribution in [0.1, 0.15) is 16.5 Å². The molecule has 0 amide bonds. The number of benzene rings is 2. The van der Waals surface area contributed by atoms with E-state index < -0.39 is 6.61 Å². The van der Waals surface area contributed by atoms with Gasteiger partial charge in [0.25, 0.3) is 0 Å². The Morgan fingerprint density at radius 1 is 1.14 bits per heavy atom. The molecule has 2 aromatic carbocycles. The number of alkyl halides is 2. The minimum absolute atomic E-state index is 0.148. The zero-order valence-corrected chi connectivity index (χ0v) is 12.7. The van der Waals surface area contributed by atoms with Gasteiger partial charge in [0, 0.05) is 16.1 Å². The summed E-state index contributed by atoms with van der Waals surface area (Å²) < 4.78 is 29.5. The van der Waals surface area contributed by atoms with Crippen molar-refractivity contribution in [1.29, 1.82) is 0 Å². The van der Waals surface area contributed by atoms with E-state index >= 15 is 0 Å². The summed E-state index contributed by atoms with van der Waals surface area (Å²) in [6.07, 6.45) is 0. The average Bonchev–Trinajstić information content (AvgIpc) is 2.97. The quantitative estimate of drug-likeness (QED) is 0.880. The van der Waals surface area contributed by atoms with Crippen molar-refractivity contribution in [3.8, 4) is 5.75 Å². The Balaban J connectivity index is 1.78. The molecular formula is C15H11ClF2N2OS. The van der Waals surface area contributed by atoms with Crippen LogP contribution in [0.2, 0.25) is 5.02 Å². The van der Waals surface area contributed by atoms with Crippen LogP contribution in [0, 0.1) is 0 Å². The van der Waals surface area contributed by atoms with Crippen molar-refractivity contribution in [1.82, 2.24) is 5.43 Å². The Morgan fingerprint density at radius 3 is 2.59 bits per heavy atom. The number of nitrogens with one attached hydrogen (secondary N) is 1. The second kappa shape index (κ2) is 6.54. The highest BCUT2D eigenvalue weighted by atomic mass is 35.5. The monoisotopic (exact) mass is 340 g/mol. The fourth-order valence-electron chi connectivity index (χ4n) is 2.04. The predicted molar refractivity (Wildman–Crippen MR) is 84.5 cm³/mol. The summed E-state index contributed by atoms with van der Waals surface area (Å²) in [4.78, 5) is 0. The van der Waals surface area contributed by atoms with E-state index in [2.05, 4.69) is 15.3 Å². The molecule has 0 fully saturated rings. The normalized spacial score (nSPS) is 17.3. The van der Waals surface area contributed by atoms with E-state index in [9.17, 15) is 8.78 Å². The Hall–Kier alpha value is -1.79. The maximum Gasteiger partial charge on any atom is 0.387 e. The summed E-state index contributed by atoms with van der Waals surface area (Å²) in [5.74, 6) is 0.148. The van der Waals surface area contributed by atoms with Crippen molar-refractivity contribution in [3.63, 3.8) is 0 Å². The number of nitrogens with zero attached hydrogens (tertiary/aromatic N) is 1. The molecule has 0 saturated carbocycles. The lowest BCUT2D eigenvalue weighted by atomic mass is 10.2. The first-order chi connectivity index (χ1) is 10.6. The van der Waals surface area contributed by atoms with E-state index in [4.69, 9.17) is 11.6 Å². The van der Waals surface area contributed by atoms with Crippen molar-refractivity contribution < 1.29 is 13.5 Å². The molecule has 1 unspecified atom stereocenters. The van der Waals surface area contributed by atoms with Crippen LogP contribution in [0.3, 0.4) is 0 Å². The van der Waals surface area contributed by atoms with Crippen LogP contribution >= 0.6 is 23.4 Å². The largest absolute Gasteiger partial charge is 0.434 e. The Morgan fingerprint density at radius 2 is 1.86 bits per heavy atom. The number of ether oxygens (including phenoxy) is 1. The molecule has 1 heterocycles. The number of hydrogen-bond acceptors (Lipinski definition) is 4. The van der Waals surface area contributed by atoms with Gasteiger partial charge >= 0.3 is 6.61 Å². The fourth-order valence-corrected chi connectivity index (χ4v) is 3.19. The molecule has 0 spiro atoms. The van der Waals surface area contributed by atoms with Gasteiger partial charge < -0.3 is 4.74 Å². The molecule has 1 atom stereocenters. The van der Waals surface area contributed by atoms with Crippen LogP contribution in [-0.4, -0.2) is 11.7 Å². The fraction of sp³-hybridized carbons (Fsp3) is 0.133. The molecule has 7 heteroatoms. The first-order valence-electron chi connectivity index (χ1n) is 6.43. The molecule has 22 heavy (non-hydrogen) atoms. The van der Waals surface area contributed by atoms with Gasteiger partial charge in [-0.2, -0.15) is 13.9 Å². The van der Waals surface area contributed by atoms with Crippen molar-refractivity contribution in [2.24, 2.45) is 5.10 Å². The Labute approximate surface area is 135 Å².